The first-order valence-corrected chi connectivity index (χ1v) is 20.2. The summed E-state index contributed by atoms with van der Waals surface area (Å²) >= 11 is 0. The Morgan fingerprint density at radius 3 is 2.23 bits per heavy atom. The van der Waals surface area contributed by atoms with E-state index in [9.17, 15) is 23.1 Å². The summed E-state index contributed by atoms with van der Waals surface area (Å²) in [5, 5.41) is 12.9. The summed E-state index contributed by atoms with van der Waals surface area (Å²) in [6, 6.07) is 0. The van der Waals surface area contributed by atoms with Crippen molar-refractivity contribution >= 4 is 30.4 Å². The standard InChI is InChI=1S/C31H50O11SSi/c1-17-18(32)15-31-24(38-25(33)41-31)22-29(9,23-21(20(17)27(31,5)6)39-28(7,8)40-23)14-13-19(42-43(10,35)36)30(22,34)16-37-44(11,12)26(2,3)4/h19,21-24,34H,13-16H2,1-12H3/t19-,21+,22-,23-,24-,29+,30-,31+/m0/s1. The van der Waals surface area contributed by atoms with E-state index in [1.54, 1.807) is 6.92 Å². The molecule has 11 nitrogen and oxygen atoms in total. The van der Waals surface area contributed by atoms with Gasteiger partial charge >= 0.3 is 6.16 Å². The number of aliphatic hydroxyl groups is 1. The van der Waals surface area contributed by atoms with Gasteiger partial charge in [-0.3, -0.25) is 8.98 Å². The molecule has 2 aliphatic heterocycles. The minimum absolute atomic E-state index is 0.152. The summed E-state index contributed by atoms with van der Waals surface area (Å²) in [5.41, 5.74) is -4.30. The van der Waals surface area contributed by atoms with Crippen LogP contribution in [0.5, 0.6) is 0 Å². The molecule has 5 aliphatic rings. The number of hydrogen-bond acceptors (Lipinski definition) is 11. The van der Waals surface area contributed by atoms with Gasteiger partial charge in [0.1, 0.15) is 17.8 Å². The van der Waals surface area contributed by atoms with Gasteiger partial charge in [0.2, 0.25) is 0 Å². The van der Waals surface area contributed by atoms with Crippen LogP contribution in [0.1, 0.15) is 81.6 Å². The van der Waals surface area contributed by atoms with Crippen LogP contribution in [0, 0.1) is 16.7 Å². The van der Waals surface area contributed by atoms with E-state index < -0.39 is 82.7 Å². The highest BCUT2D eigenvalue weighted by Crippen LogP contribution is 2.67. The molecule has 0 unspecified atom stereocenters. The first-order chi connectivity index (χ1) is 19.7. The molecule has 0 amide bonds. The molecular formula is C31H50O11SSi. The molecule has 2 saturated heterocycles. The summed E-state index contributed by atoms with van der Waals surface area (Å²) in [6.45, 7) is 21.1. The van der Waals surface area contributed by atoms with Crippen LogP contribution >= 0.6 is 0 Å². The molecule has 44 heavy (non-hydrogen) atoms. The van der Waals surface area contributed by atoms with Crippen molar-refractivity contribution in [2.45, 2.75) is 141 Å². The number of hydrogen-bond donors (Lipinski definition) is 1. The highest BCUT2D eigenvalue weighted by molar-refractivity contribution is 7.86. The third kappa shape index (κ3) is 4.86. The van der Waals surface area contributed by atoms with Crippen LogP contribution in [-0.4, -0.2) is 88.0 Å². The first-order valence-electron chi connectivity index (χ1n) is 15.5. The summed E-state index contributed by atoms with van der Waals surface area (Å²) in [6.07, 6.45) is -3.51. The van der Waals surface area contributed by atoms with Gasteiger partial charge in [-0.15, -0.1) is 0 Å². The second kappa shape index (κ2) is 9.83. The summed E-state index contributed by atoms with van der Waals surface area (Å²) in [5.74, 6) is -2.31. The molecule has 2 heterocycles. The number of ether oxygens (including phenoxy) is 4. The normalized spacial score (nSPS) is 41.6. The van der Waals surface area contributed by atoms with Crippen molar-refractivity contribution in [3.8, 4) is 0 Å². The molecule has 0 aromatic heterocycles. The van der Waals surface area contributed by atoms with Crippen LogP contribution in [0.4, 0.5) is 4.79 Å². The minimum Gasteiger partial charge on any atom is -0.426 e. The smallest absolute Gasteiger partial charge is 0.426 e. The van der Waals surface area contributed by atoms with E-state index in [2.05, 4.69) is 20.8 Å². The molecule has 0 aromatic rings. The van der Waals surface area contributed by atoms with Crippen molar-refractivity contribution in [3.63, 3.8) is 0 Å². The predicted molar refractivity (Wildman–Crippen MR) is 163 cm³/mol. The second-order valence-corrected chi connectivity index (χ2v) is 22.8. The number of Topliss-reactive ketones (excluding diaryl/α,β-unsaturated/α-hetero) is 1. The lowest BCUT2D eigenvalue weighted by Crippen LogP contribution is -2.75. The molecule has 3 aliphatic carbocycles. The molecule has 13 heteroatoms. The van der Waals surface area contributed by atoms with Gasteiger partial charge in [-0.1, -0.05) is 41.5 Å². The van der Waals surface area contributed by atoms with Gasteiger partial charge in [0.25, 0.3) is 10.1 Å². The van der Waals surface area contributed by atoms with Crippen molar-refractivity contribution in [1.82, 2.24) is 0 Å². The Hall–Kier alpha value is -1.35. The Bertz CT molecular complexity index is 1400. The molecule has 4 fully saturated rings. The summed E-state index contributed by atoms with van der Waals surface area (Å²) in [7, 11) is -6.56. The monoisotopic (exact) mass is 658 g/mol. The van der Waals surface area contributed by atoms with E-state index in [-0.39, 0.29) is 30.3 Å². The highest BCUT2D eigenvalue weighted by atomic mass is 32.2. The van der Waals surface area contributed by atoms with Crippen molar-refractivity contribution in [2.75, 3.05) is 12.9 Å². The van der Waals surface area contributed by atoms with E-state index in [0.29, 0.717) is 17.6 Å². The molecule has 5 rings (SSSR count). The van der Waals surface area contributed by atoms with E-state index in [0.717, 1.165) is 6.26 Å². The Labute approximate surface area is 262 Å². The minimum atomic E-state index is -4.04. The third-order valence-electron chi connectivity index (χ3n) is 11.8. The van der Waals surface area contributed by atoms with Crippen LogP contribution in [0.25, 0.3) is 0 Å². The highest BCUT2D eigenvalue weighted by Gasteiger charge is 2.78. The van der Waals surface area contributed by atoms with Gasteiger partial charge < -0.3 is 28.5 Å². The maximum Gasteiger partial charge on any atom is 0.509 e. The zero-order valence-corrected chi connectivity index (χ0v) is 30.0. The lowest BCUT2D eigenvalue weighted by atomic mass is 9.46. The van der Waals surface area contributed by atoms with Gasteiger partial charge in [-0.05, 0) is 62.9 Å². The van der Waals surface area contributed by atoms with Gasteiger partial charge in [-0.2, -0.15) is 8.42 Å². The number of fused-ring (bicyclic) bond motifs is 6. The van der Waals surface area contributed by atoms with Crippen LogP contribution in [0.3, 0.4) is 0 Å². The van der Waals surface area contributed by atoms with Crippen molar-refractivity contribution in [3.05, 3.63) is 11.1 Å². The molecule has 8 atom stereocenters. The Balaban J connectivity index is 1.80. The largest absolute Gasteiger partial charge is 0.509 e. The van der Waals surface area contributed by atoms with E-state index >= 15 is 0 Å². The topological polar surface area (TPSA) is 144 Å². The molecule has 2 saturated carbocycles. The second-order valence-electron chi connectivity index (χ2n) is 16.4. The number of ketones is 1. The maximum atomic E-state index is 13.8. The van der Waals surface area contributed by atoms with Crippen LogP contribution in [-0.2, 0) is 42.5 Å². The Kier molecular flexibility index (Phi) is 7.60. The Morgan fingerprint density at radius 1 is 1.05 bits per heavy atom. The number of carbonyl (C=O) groups is 2. The lowest BCUT2D eigenvalue weighted by Gasteiger charge is -2.63. The fourth-order valence-electron chi connectivity index (χ4n) is 8.43. The van der Waals surface area contributed by atoms with E-state index in [4.69, 9.17) is 27.6 Å². The van der Waals surface area contributed by atoms with Crippen molar-refractivity contribution in [2.24, 2.45) is 16.7 Å². The van der Waals surface area contributed by atoms with Gasteiger partial charge in [0.15, 0.2) is 31.6 Å². The molecule has 250 valence electrons. The fourth-order valence-corrected chi connectivity index (χ4v) is 10.1. The quantitative estimate of drug-likeness (QED) is 0.251. The van der Waals surface area contributed by atoms with Gasteiger partial charge in [0, 0.05) is 16.7 Å². The van der Waals surface area contributed by atoms with Crippen LogP contribution in [0.15, 0.2) is 11.1 Å². The SMILES string of the molecule is CC1=C2[C@H]3OC(C)(C)O[C@@H]3[C@]3(C)CC[C@H](OS(C)(=O)=O)[C@@](O)(CO[Si](C)(C)C(C)(C)C)[C@H]3[C@@H]3OC(=O)O[C@@]3(CC1=O)C2(C)C. The average molecular weight is 659 g/mol. The number of carbonyl (C=O) groups excluding carboxylic acids is 2. The van der Waals surface area contributed by atoms with Crippen molar-refractivity contribution in [1.29, 1.82) is 0 Å². The first kappa shape index (κ1) is 34.0. The van der Waals surface area contributed by atoms with E-state index in [1.807, 2.05) is 47.7 Å². The molecule has 1 spiro atoms. The maximum absolute atomic E-state index is 13.8. The number of allylic oxidation sites excluding steroid dienone is 1. The lowest BCUT2D eigenvalue weighted by molar-refractivity contribution is -0.258. The zero-order chi connectivity index (χ0) is 33.3. The third-order valence-corrected chi connectivity index (χ3v) is 16.8. The summed E-state index contributed by atoms with van der Waals surface area (Å²) in [4.78, 5) is 27.0. The van der Waals surface area contributed by atoms with E-state index in [1.165, 1.54) is 0 Å². The molecule has 0 aromatic carbocycles. The molecule has 1 N–H and O–H groups in total. The predicted octanol–water partition coefficient (Wildman–Crippen LogP) is 4.62. The molecule has 0 radical (unpaired) electrons. The van der Waals surface area contributed by atoms with Gasteiger partial charge in [0.05, 0.1) is 25.4 Å². The van der Waals surface area contributed by atoms with Crippen molar-refractivity contribution < 1.29 is 50.7 Å². The zero-order valence-electron chi connectivity index (χ0n) is 28.2. The average Bonchev–Trinajstić information content (AvgIpc) is 3.33. The summed E-state index contributed by atoms with van der Waals surface area (Å²) < 4.78 is 63.0. The molecule has 2 bridgehead atoms. The van der Waals surface area contributed by atoms with Crippen LogP contribution < -0.4 is 0 Å². The van der Waals surface area contributed by atoms with Gasteiger partial charge in [-0.25, -0.2) is 4.79 Å². The van der Waals surface area contributed by atoms with Crippen LogP contribution in [0.2, 0.25) is 18.1 Å². The number of rotatable bonds is 5. The Morgan fingerprint density at radius 2 is 1.66 bits per heavy atom. The molecular weight excluding hydrogens is 608 g/mol. The fraction of sp³-hybridized carbons (Fsp3) is 0.871.